The molecule has 1 aliphatic rings. The zero-order valence-corrected chi connectivity index (χ0v) is 21.7. The first-order valence-electron chi connectivity index (χ1n) is 10.8. The van der Waals surface area contributed by atoms with Crippen molar-refractivity contribution in [1.82, 2.24) is 9.21 Å². The van der Waals surface area contributed by atoms with E-state index in [1.165, 1.54) is 29.9 Å². The molecule has 3 aromatic rings. The average molecular weight is 532 g/mol. The van der Waals surface area contributed by atoms with E-state index in [2.05, 4.69) is 5.32 Å². The fraction of sp³-hybridized carbons (Fsp3) is 0.250. The molecule has 0 amide bonds. The molecule has 35 heavy (non-hydrogen) atoms. The van der Waals surface area contributed by atoms with Crippen LogP contribution in [0, 0.1) is 0 Å². The number of nitrogens with one attached hydrogen (secondary N) is 1. The highest BCUT2D eigenvalue weighted by Gasteiger charge is 2.30. The summed E-state index contributed by atoms with van der Waals surface area (Å²) in [6, 6.07) is 17.9. The molecule has 0 spiro atoms. The smallest absolute Gasteiger partial charge is 0.340 e. The van der Waals surface area contributed by atoms with Crippen molar-refractivity contribution in [3.05, 3.63) is 66.2 Å². The van der Waals surface area contributed by atoms with Crippen LogP contribution in [-0.4, -0.2) is 69.1 Å². The van der Waals surface area contributed by atoms with Crippen molar-refractivity contribution in [2.24, 2.45) is 0 Å². The van der Waals surface area contributed by atoms with Crippen LogP contribution in [0.25, 0.3) is 10.4 Å². The van der Waals surface area contributed by atoms with Gasteiger partial charge in [-0.1, -0.05) is 30.3 Å². The molecule has 1 aliphatic heterocycles. The Morgan fingerprint density at radius 2 is 1.66 bits per heavy atom. The Balaban J connectivity index is 1.44. The standard InChI is InChI=1S/C24H25N3O5S3/c1-31-18-8-10-19(11-9-18)35(29,30)27-14-12-26(13-15-27)24(33)25-22-20(23(28)32-2)16-21(34-22)17-6-4-3-5-7-17/h3-11,16H,12-15H2,1-2H3,(H,25,33). The number of anilines is 1. The Bertz CT molecular complexity index is 1300. The van der Waals surface area contributed by atoms with E-state index in [0.29, 0.717) is 47.6 Å². The van der Waals surface area contributed by atoms with Crippen molar-refractivity contribution in [1.29, 1.82) is 0 Å². The largest absolute Gasteiger partial charge is 0.497 e. The summed E-state index contributed by atoms with van der Waals surface area (Å²) in [5.74, 6) is 0.143. The molecule has 0 atom stereocenters. The quantitative estimate of drug-likeness (QED) is 0.378. The number of thiophene rings is 1. The second kappa shape index (κ2) is 10.7. The molecule has 2 aromatic carbocycles. The summed E-state index contributed by atoms with van der Waals surface area (Å²) in [5.41, 5.74) is 1.39. The first kappa shape index (κ1) is 25.1. The first-order chi connectivity index (χ1) is 16.8. The van der Waals surface area contributed by atoms with Crippen LogP contribution in [0.5, 0.6) is 5.75 Å². The van der Waals surface area contributed by atoms with Crippen molar-refractivity contribution in [2.75, 3.05) is 45.7 Å². The highest BCUT2D eigenvalue weighted by Crippen LogP contribution is 2.36. The second-order valence-electron chi connectivity index (χ2n) is 7.71. The molecule has 1 aromatic heterocycles. The minimum atomic E-state index is -3.62. The summed E-state index contributed by atoms with van der Waals surface area (Å²) in [4.78, 5) is 15.4. The minimum absolute atomic E-state index is 0.224. The summed E-state index contributed by atoms with van der Waals surface area (Å²) in [6.07, 6.45) is 0. The number of hydrogen-bond acceptors (Lipinski definition) is 7. The maximum absolute atomic E-state index is 13.0. The molecule has 11 heteroatoms. The van der Waals surface area contributed by atoms with E-state index in [4.69, 9.17) is 21.7 Å². The monoisotopic (exact) mass is 531 g/mol. The van der Waals surface area contributed by atoms with Gasteiger partial charge in [-0.05, 0) is 48.1 Å². The summed E-state index contributed by atoms with van der Waals surface area (Å²) >= 11 is 7.02. The van der Waals surface area contributed by atoms with Gasteiger partial charge >= 0.3 is 5.97 Å². The van der Waals surface area contributed by atoms with E-state index in [1.54, 1.807) is 30.3 Å². The van der Waals surface area contributed by atoms with Gasteiger partial charge in [0.25, 0.3) is 0 Å². The lowest BCUT2D eigenvalue weighted by Gasteiger charge is -2.35. The highest BCUT2D eigenvalue weighted by molar-refractivity contribution is 7.89. The fourth-order valence-corrected chi connectivity index (χ4v) is 6.52. The van der Waals surface area contributed by atoms with E-state index >= 15 is 0 Å². The molecule has 1 N–H and O–H groups in total. The number of nitrogens with zero attached hydrogens (tertiary/aromatic N) is 2. The van der Waals surface area contributed by atoms with E-state index in [0.717, 1.165) is 10.4 Å². The number of methoxy groups -OCH3 is 2. The zero-order chi connectivity index (χ0) is 25.0. The van der Waals surface area contributed by atoms with E-state index in [1.807, 2.05) is 35.2 Å². The summed E-state index contributed by atoms with van der Waals surface area (Å²) in [6.45, 7) is 1.43. The van der Waals surface area contributed by atoms with Crippen LogP contribution in [0.15, 0.2) is 65.6 Å². The lowest BCUT2D eigenvalue weighted by atomic mass is 10.1. The minimum Gasteiger partial charge on any atom is -0.497 e. The first-order valence-corrected chi connectivity index (χ1v) is 13.5. The average Bonchev–Trinajstić information content (AvgIpc) is 3.32. The molecule has 0 unspecified atom stereocenters. The molecule has 0 radical (unpaired) electrons. The van der Waals surface area contributed by atoms with E-state index in [-0.39, 0.29) is 4.90 Å². The van der Waals surface area contributed by atoms with Crippen LogP contribution in [0.1, 0.15) is 10.4 Å². The SMILES string of the molecule is COC(=O)c1cc(-c2ccccc2)sc1NC(=S)N1CCN(S(=O)(=O)c2ccc(OC)cc2)CC1. The van der Waals surface area contributed by atoms with Gasteiger partial charge in [-0.25, -0.2) is 13.2 Å². The summed E-state index contributed by atoms with van der Waals surface area (Å²) < 4.78 is 37.5. The molecule has 2 heterocycles. The number of benzene rings is 2. The van der Waals surface area contributed by atoms with Crippen LogP contribution in [0.2, 0.25) is 0 Å². The van der Waals surface area contributed by atoms with Crippen molar-refractivity contribution in [3.8, 4) is 16.2 Å². The molecule has 8 nitrogen and oxygen atoms in total. The third-order valence-corrected chi connectivity index (χ3v) is 9.01. The Kier molecular flexibility index (Phi) is 7.70. The Hall–Kier alpha value is -2.99. The third-order valence-electron chi connectivity index (χ3n) is 5.64. The van der Waals surface area contributed by atoms with E-state index in [9.17, 15) is 13.2 Å². The number of hydrogen-bond donors (Lipinski definition) is 1. The zero-order valence-electron chi connectivity index (χ0n) is 19.3. The maximum Gasteiger partial charge on any atom is 0.340 e. The van der Waals surface area contributed by atoms with Gasteiger partial charge in [0.15, 0.2) is 5.11 Å². The number of sulfonamides is 1. The number of thiocarbonyl (C=S) groups is 1. The van der Waals surface area contributed by atoms with Gasteiger partial charge in [0.2, 0.25) is 10.0 Å². The van der Waals surface area contributed by atoms with Gasteiger partial charge in [0, 0.05) is 31.1 Å². The topological polar surface area (TPSA) is 88.2 Å². The Morgan fingerprint density at radius 3 is 2.26 bits per heavy atom. The van der Waals surface area contributed by atoms with Gasteiger partial charge in [0.05, 0.1) is 24.7 Å². The van der Waals surface area contributed by atoms with Gasteiger partial charge in [-0.15, -0.1) is 11.3 Å². The van der Waals surface area contributed by atoms with Crippen molar-refractivity contribution >= 4 is 49.7 Å². The number of carbonyl (C=O) groups is 1. The lowest BCUT2D eigenvalue weighted by Crippen LogP contribution is -2.51. The molecular formula is C24H25N3O5S3. The maximum atomic E-state index is 13.0. The molecule has 4 rings (SSSR count). The lowest BCUT2D eigenvalue weighted by molar-refractivity contribution is 0.0602. The van der Waals surface area contributed by atoms with Crippen LogP contribution in [0.3, 0.4) is 0 Å². The van der Waals surface area contributed by atoms with Crippen LogP contribution in [-0.2, 0) is 14.8 Å². The summed E-state index contributed by atoms with van der Waals surface area (Å²) in [7, 11) is -0.741. The predicted octanol–water partition coefficient (Wildman–Crippen LogP) is 3.91. The Labute approximate surface area is 214 Å². The summed E-state index contributed by atoms with van der Waals surface area (Å²) in [5, 5.41) is 4.20. The molecule has 0 aliphatic carbocycles. The number of ether oxygens (including phenoxy) is 2. The van der Waals surface area contributed by atoms with Crippen LogP contribution < -0.4 is 10.1 Å². The van der Waals surface area contributed by atoms with Gasteiger partial charge in [-0.3, -0.25) is 0 Å². The van der Waals surface area contributed by atoms with E-state index < -0.39 is 16.0 Å². The molecule has 1 fully saturated rings. The van der Waals surface area contributed by atoms with Gasteiger partial charge in [0.1, 0.15) is 10.8 Å². The molecule has 184 valence electrons. The van der Waals surface area contributed by atoms with Crippen molar-refractivity contribution in [2.45, 2.75) is 4.90 Å². The fourth-order valence-electron chi connectivity index (χ4n) is 3.69. The molecule has 1 saturated heterocycles. The normalized spacial score (nSPS) is 14.4. The number of rotatable bonds is 6. The van der Waals surface area contributed by atoms with Crippen molar-refractivity contribution in [3.63, 3.8) is 0 Å². The molecule has 0 bridgehead atoms. The van der Waals surface area contributed by atoms with Crippen molar-refractivity contribution < 1.29 is 22.7 Å². The van der Waals surface area contributed by atoms with Gasteiger partial charge < -0.3 is 19.7 Å². The third kappa shape index (κ3) is 5.48. The number of carbonyl (C=O) groups excluding carboxylic acids is 1. The molecular weight excluding hydrogens is 506 g/mol. The number of piperazine rings is 1. The highest BCUT2D eigenvalue weighted by atomic mass is 32.2. The van der Waals surface area contributed by atoms with Gasteiger partial charge in [-0.2, -0.15) is 4.31 Å². The molecule has 0 saturated carbocycles. The van der Waals surface area contributed by atoms with Crippen LogP contribution >= 0.6 is 23.6 Å². The Morgan fingerprint density at radius 1 is 1.00 bits per heavy atom. The van der Waals surface area contributed by atoms with Crippen LogP contribution in [0.4, 0.5) is 5.00 Å². The second-order valence-corrected chi connectivity index (χ2v) is 11.1. The predicted molar refractivity (Wildman–Crippen MR) is 141 cm³/mol. The number of esters is 1.